The normalized spacial score (nSPS) is 24.4. The SMILES string of the molecule is CC1OCCC1CNCc1csc(CCN)n1. The standard InChI is InChI=1S/C12H21N3OS/c1-9-10(3-5-16-9)6-14-7-11-8-17-12(15-11)2-4-13/h8-10,14H,2-7,13H2,1H3. The summed E-state index contributed by atoms with van der Waals surface area (Å²) < 4.78 is 5.54. The van der Waals surface area contributed by atoms with Crippen LogP contribution in [0.15, 0.2) is 5.38 Å². The molecule has 2 rings (SSSR count). The molecule has 1 aliphatic rings. The van der Waals surface area contributed by atoms with Gasteiger partial charge in [-0.3, -0.25) is 0 Å². The van der Waals surface area contributed by atoms with Crippen molar-refractivity contribution in [2.45, 2.75) is 32.4 Å². The molecule has 2 unspecified atom stereocenters. The highest BCUT2D eigenvalue weighted by Gasteiger charge is 2.23. The van der Waals surface area contributed by atoms with Crippen LogP contribution in [0.5, 0.6) is 0 Å². The third-order valence-electron chi connectivity index (χ3n) is 3.20. The Hall–Kier alpha value is -0.490. The Morgan fingerprint density at radius 1 is 1.65 bits per heavy atom. The lowest BCUT2D eigenvalue weighted by molar-refractivity contribution is 0.105. The second kappa shape index (κ2) is 6.44. The van der Waals surface area contributed by atoms with Gasteiger partial charge in [0.2, 0.25) is 0 Å². The van der Waals surface area contributed by atoms with Crippen molar-refractivity contribution >= 4 is 11.3 Å². The molecule has 1 aliphatic heterocycles. The van der Waals surface area contributed by atoms with Crippen LogP contribution < -0.4 is 11.1 Å². The molecule has 1 aromatic rings. The molecule has 2 heterocycles. The van der Waals surface area contributed by atoms with E-state index in [-0.39, 0.29) is 0 Å². The van der Waals surface area contributed by atoms with Crippen LogP contribution in [0.2, 0.25) is 0 Å². The summed E-state index contributed by atoms with van der Waals surface area (Å²) >= 11 is 1.70. The molecule has 96 valence electrons. The highest BCUT2D eigenvalue weighted by molar-refractivity contribution is 7.09. The molecule has 0 aromatic carbocycles. The number of nitrogens with zero attached hydrogens (tertiary/aromatic N) is 1. The maximum absolute atomic E-state index is 5.54. The van der Waals surface area contributed by atoms with Crippen LogP contribution in [0.1, 0.15) is 24.0 Å². The fourth-order valence-electron chi connectivity index (χ4n) is 2.10. The Kier molecular flexibility index (Phi) is 4.91. The molecule has 0 spiro atoms. The summed E-state index contributed by atoms with van der Waals surface area (Å²) in [5.41, 5.74) is 6.63. The molecule has 2 atom stereocenters. The summed E-state index contributed by atoms with van der Waals surface area (Å²) in [6.07, 6.45) is 2.45. The van der Waals surface area contributed by atoms with Crippen molar-refractivity contribution in [2.75, 3.05) is 19.7 Å². The highest BCUT2D eigenvalue weighted by atomic mass is 32.1. The van der Waals surface area contributed by atoms with E-state index >= 15 is 0 Å². The maximum Gasteiger partial charge on any atom is 0.0941 e. The minimum Gasteiger partial charge on any atom is -0.378 e. The average Bonchev–Trinajstić information content (AvgIpc) is 2.90. The minimum absolute atomic E-state index is 0.394. The van der Waals surface area contributed by atoms with E-state index in [2.05, 4.69) is 22.6 Å². The van der Waals surface area contributed by atoms with E-state index in [1.807, 2.05) is 0 Å². The van der Waals surface area contributed by atoms with Gasteiger partial charge in [-0.1, -0.05) is 0 Å². The molecule has 1 saturated heterocycles. The van der Waals surface area contributed by atoms with Crippen LogP contribution in [-0.4, -0.2) is 30.8 Å². The summed E-state index contributed by atoms with van der Waals surface area (Å²) in [4.78, 5) is 4.53. The van der Waals surface area contributed by atoms with Gasteiger partial charge in [-0.2, -0.15) is 0 Å². The second-order valence-electron chi connectivity index (χ2n) is 4.53. The van der Waals surface area contributed by atoms with E-state index < -0.39 is 0 Å². The van der Waals surface area contributed by atoms with Crippen LogP contribution in [0.4, 0.5) is 0 Å². The highest BCUT2D eigenvalue weighted by Crippen LogP contribution is 2.19. The number of nitrogens with two attached hydrogens (primary N) is 1. The van der Waals surface area contributed by atoms with Crippen molar-refractivity contribution in [1.82, 2.24) is 10.3 Å². The number of nitrogens with one attached hydrogen (secondary N) is 1. The van der Waals surface area contributed by atoms with Gasteiger partial charge in [0.15, 0.2) is 0 Å². The molecule has 4 nitrogen and oxygen atoms in total. The topological polar surface area (TPSA) is 60.2 Å². The first-order chi connectivity index (χ1) is 8.29. The van der Waals surface area contributed by atoms with Gasteiger partial charge < -0.3 is 15.8 Å². The predicted molar refractivity (Wildman–Crippen MR) is 70.1 cm³/mol. The van der Waals surface area contributed by atoms with E-state index in [0.717, 1.165) is 36.8 Å². The van der Waals surface area contributed by atoms with Crippen LogP contribution >= 0.6 is 11.3 Å². The van der Waals surface area contributed by atoms with E-state index in [9.17, 15) is 0 Å². The van der Waals surface area contributed by atoms with Crippen molar-refractivity contribution in [1.29, 1.82) is 0 Å². The first-order valence-corrected chi connectivity index (χ1v) is 7.13. The molecule has 0 radical (unpaired) electrons. The van der Waals surface area contributed by atoms with Crippen LogP contribution in [0.25, 0.3) is 0 Å². The minimum atomic E-state index is 0.394. The lowest BCUT2D eigenvalue weighted by atomic mass is 10.0. The van der Waals surface area contributed by atoms with Crippen LogP contribution in [-0.2, 0) is 17.7 Å². The van der Waals surface area contributed by atoms with Crippen molar-refractivity contribution in [3.63, 3.8) is 0 Å². The number of hydrogen-bond donors (Lipinski definition) is 2. The van der Waals surface area contributed by atoms with Gasteiger partial charge >= 0.3 is 0 Å². The lowest BCUT2D eigenvalue weighted by Crippen LogP contribution is -2.26. The summed E-state index contributed by atoms with van der Waals surface area (Å²) in [7, 11) is 0. The van der Waals surface area contributed by atoms with Gasteiger partial charge in [-0.05, 0) is 25.8 Å². The summed E-state index contributed by atoms with van der Waals surface area (Å²) in [6, 6.07) is 0. The Balaban J connectivity index is 1.70. The summed E-state index contributed by atoms with van der Waals surface area (Å²) in [5, 5.41) is 6.72. The molecule has 1 fully saturated rings. The van der Waals surface area contributed by atoms with Crippen molar-refractivity contribution < 1.29 is 4.74 Å². The fourth-order valence-corrected chi connectivity index (χ4v) is 2.91. The third-order valence-corrected chi connectivity index (χ3v) is 4.16. The molecule has 0 saturated carbocycles. The predicted octanol–water partition coefficient (Wildman–Crippen LogP) is 1.16. The first kappa shape index (κ1) is 13.0. The third kappa shape index (κ3) is 3.74. The molecular weight excluding hydrogens is 234 g/mol. The zero-order chi connectivity index (χ0) is 12.1. The van der Waals surface area contributed by atoms with E-state index in [1.165, 1.54) is 6.42 Å². The first-order valence-electron chi connectivity index (χ1n) is 6.25. The quantitative estimate of drug-likeness (QED) is 0.801. The van der Waals surface area contributed by atoms with E-state index in [1.54, 1.807) is 11.3 Å². The number of hydrogen-bond acceptors (Lipinski definition) is 5. The van der Waals surface area contributed by atoms with Gasteiger partial charge in [0.25, 0.3) is 0 Å². The maximum atomic E-state index is 5.54. The molecule has 0 amide bonds. The fraction of sp³-hybridized carbons (Fsp3) is 0.750. The van der Waals surface area contributed by atoms with Gasteiger partial charge in [0.05, 0.1) is 16.8 Å². The number of thiazole rings is 1. The lowest BCUT2D eigenvalue weighted by Gasteiger charge is -2.13. The van der Waals surface area contributed by atoms with Gasteiger partial charge in [0, 0.05) is 31.5 Å². The molecule has 17 heavy (non-hydrogen) atoms. The van der Waals surface area contributed by atoms with E-state index in [4.69, 9.17) is 10.5 Å². The largest absolute Gasteiger partial charge is 0.378 e. The Morgan fingerprint density at radius 2 is 2.53 bits per heavy atom. The van der Waals surface area contributed by atoms with Crippen molar-refractivity contribution in [3.05, 3.63) is 16.1 Å². The second-order valence-corrected chi connectivity index (χ2v) is 5.47. The van der Waals surface area contributed by atoms with Crippen molar-refractivity contribution in [2.24, 2.45) is 11.7 Å². The van der Waals surface area contributed by atoms with Gasteiger partial charge in [-0.25, -0.2) is 4.98 Å². The van der Waals surface area contributed by atoms with E-state index in [0.29, 0.717) is 18.6 Å². The number of ether oxygens (including phenoxy) is 1. The smallest absolute Gasteiger partial charge is 0.0941 e. The zero-order valence-electron chi connectivity index (χ0n) is 10.3. The summed E-state index contributed by atoms with van der Waals surface area (Å²) in [5.74, 6) is 0.650. The molecule has 5 heteroatoms. The molecule has 1 aromatic heterocycles. The number of rotatable bonds is 6. The Morgan fingerprint density at radius 3 is 3.24 bits per heavy atom. The summed E-state index contributed by atoms with van der Waals surface area (Å²) in [6.45, 7) is 5.61. The Labute approximate surface area is 107 Å². The monoisotopic (exact) mass is 255 g/mol. The number of aromatic nitrogens is 1. The van der Waals surface area contributed by atoms with Gasteiger partial charge in [-0.15, -0.1) is 11.3 Å². The van der Waals surface area contributed by atoms with Crippen LogP contribution in [0.3, 0.4) is 0 Å². The Bertz CT molecular complexity index is 342. The molecule has 3 N–H and O–H groups in total. The average molecular weight is 255 g/mol. The van der Waals surface area contributed by atoms with Crippen LogP contribution in [0, 0.1) is 5.92 Å². The van der Waals surface area contributed by atoms with Crippen molar-refractivity contribution in [3.8, 4) is 0 Å². The molecule has 0 bridgehead atoms. The molecular formula is C12H21N3OS. The zero-order valence-corrected chi connectivity index (χ0v) is 11.1. The van der Waals surface area contributed by atoms with Gasteiger partial charge in [0.1, 0.15) is 0 Å². The molecule has 0 aliphatic carbocycles.